The SMILES string of the molecule is C#C.CC(C)C.Cc1ccc(CN=C2NS(=O)(=O)N=C2Nc2cccc(C(=O)N(C)C)c2O)o1. The Kier molecular flexibility index (Phi) is 10.4. The number of rotatable bonds is 4. The van der Waals surface area contributed by atoms with Crippen LogP contribution >= 0.6 is 0 Å². The van der Waals surface area contributed by atoms with Crippen LogP contribution in [0.2, 0.25) is 0 Å². The molecule has 0 atom stereocenters. The second-order valence-corrected chi connectivity index (χ2v) is 9.29. The summed E-state index contributed by atoms with van der Waals surface area (Å²) in [7, 11) is -0.847. The largest absolute Gasteiger partial charge is 0.505 e. The molecule has 1 aliphatic heterocycles. The van der Waals surface area contributed by atoms with E-state index in [1.165, 1.54) is 17.0 Å². The van der Waals surface area contributed by atoms with E-state index in [9.17, 15) is 18.3 Å². The Bertz CT molecular complexity index is 1170. The van der Waals surface area contributed by atoms with E-state index in [1.807, 2.05) is 0 Å². The van der Waals surface area contributed by atoms with Crippen molar-refractivity contribution in [2.24, 2.45) is 15.3 Å². The number of hydrogen-bond donors (Lipinski definition) is 3. The summed E-state index contributed by atoms with van der Waals surface area (Å²) in [5.41, 5.74) is 0.181. The third kappa shape index (κ3) is 8.29. The van der Waals surface area contributed by atoms with Crippen LogP contribution in [-0.2, 0) is 16.8 Å². The Labute approximate surface area is 201 Å². The fourth-order valence-corrected chi connectivity index (χ4v) is 3.28. The number of phenolic OH excluding ortho intramolecular Hbond substituents is 1. The summed E-state index contributed by atoms with van der Waals surface area (Å²) in [6.45, 7) is 8.38. The molecular weight excluding hydrogens is 458 g/mol. The molecule has 3 N–H and O–H groups in total. The number of phenols is 1. The van der Waals surface area contributed by atoms with Crippen LogP contribution in [0, 0.1) is 25.7 Å². The minimum absolute atomic E-state index is 0.0298. The van der Waals surface area contributed by atoms with E-state index in [0.29, 0.717) is 11.5 Å². The number of carbonyl (C=O) groups is 1. The first-order valence-electron chi connectivity index (χ1n) is 10.3. The fraction of sp³-hybridized carbons (Fsp3) is 0.348. The molecule has 1 aliphatic rings. The van der Waals surface area contributed by atoms with Crippen molar-refractivity contribution < 1.29 is 22.7 Å². The van der Waals surface area contributed by atoms with Crippen molar-refractivity contribution in [2.75, 3.05) is 19.4 Å². The molecule has 0 aliphatic carbocycles. The van der Waals surface area contributed by atoms with Gasteiger partial charge >= 0.3 is 10.2 Å². The number of terminal acetylenes is 1. The number of aliphatic imine (C=N–C) groups is 1. The molecule has 0 radical (unpaired) electrons. The van der Waals surface area contributed by atoms with E-state index >= 15 is 0 Å². The van der Waals surface area contributed by atoms with E-state index in [4.69, 9.17) is 4.42 Å². The molecule has 0 bridgehead atoms. The monoisotopic (exact) mass is 489 g/mol. The number of nitrogens with one attached hydrogen (secondary N) is 2. The van der Waals surface area contributed by atoms with Crippen molar-refractivity contribution in [2.45, 2.75) is 34.2 Å². The van der Waals surface area contributed by atoms with Gasteiger partial charge in [0.25, 0.3) is 5.91 Å². The topological polar surface area (TPSA) is 137 Å². The van der Waals surface area contributed by atoms with E-state index in [0.717, 1.165) is 5.92 Å². The van der Waals surface area contributed by atoms with E-state index in [1.54, 1.807) is 39.2 Å². The molecule has 11 heteroatoms. The standard InChI is InChI=1S/C17H19N5O5S.C4H10.C2H2/c1-10-7-8-11(27-10)9-18-15-16(21-28(25,26)20-15)19-13-6-4-5-12(14(13)23)17(24)22(2)3;1-4(2)3;1-2/h4-8,23H,9H2,1-3H3,(H,18,20)(H,19,21);4H,1-3H3;1-2H. The summed E-state index contributed by atoms with van der Waals surface area (Å²) in [5.74, 6) is 1.24. The zero-order valence-corrected chi connectivity index (χ0v) is 21.0. The van der Waals surface area contributed by atoms with Gasteiger partial charge in [-0.05, 0) is 37.1 Å². The summed E-state index contributed by atoms with van der Waals surface area (Å²) in [4.78, 5) is 17.6. The van der Waals surface area contributed by atoms with Crippen LogP contribution in [0.4, 0.5) is 5.69 Å². The highest BCUT2D eigenvalue weighted by molar-refractivity contribution is 7.89. The molecule has 184 valence electrons. The van der Waals surface area contributed by atoms with Gasteiger partial charge in [-0.2, -0.15) is 8.42 Å². The number of para-hydroxylation sites is 1. The van der Waals surface area contributed by atoms with Crippen molar-refractivity contribution in [1.29, 1.82) is 0 Å². The molecule has 10 nitrogen and oxygen atoms in total. The minimum Gasteiger partial charge on any atom is -0.505 e. The number of amidine groups is 2. The minimum atomic E-state index is -3.96. The Hall–Kier alpha value is -3.78. The third-order valence-electron chi connectivity index (χ3n) is 3.78. The van der Waals surface area contributed by atoms with Crippen LogP contribution in [-0.4, -0.2) is 50.1 Å². The fourth-order valence-electron chi connectivity index (χ4n) is 2.46. The highest BCUT2D eigenvalue weighted by atomic mass is 32.2. The highest BCUT2D eigenvalue weighted by Gasteiger charge is 2.27. The lowest BCUT2D eigenvalue weighted by atomic mass is 10.1. The van der Waals surface area contributed by atoms with Gasteiger partial charge < -0.3 is 19.7 Å². The van der Waals surface area contributed by atoms with Gasteiger partial charge in [0.2, 0.25) is 0 Å². The van der Waals surface area contributed by atoms with E-state index in [2.05, 4.69) is 53.0 Å². The summed E-state index contributed by atoms with van der Waals surface area (Å²) >= 11 is 0. The lowest BCUT2D eigenvalue weighted by Gasteiger charge is -2.14. The van der Waals surface area contributed by atoms with Gasteiger partial charge in [0, 0.05) is 14.1 Å². The normalized spacial score (nSPS) is 14.7. The number of anilines is 1. The van der Waals surface area contributed by atoms with Crippen molar-refractivity contribution in [3.05, 3.63) is 47.4 Å². The molecular formula is C23H31N5O5S. The summed E-state index contributed by atoms with van der Waals surface area (Å²) in [6.07, 6.45) is 8.00. The van der Waals surface area contributed by atoms with Gasteiger partial charge in [-0.1, -0.05) is 26.8 Å². The van der Waals surface area contributed by atoms with Crippen molar-refractivity contribution >= 4 is 33.5 Å². The lowest BCUT2D eigenvalue weighted by Crippen LogP contribution is -2.30. The molecule has 2 heterocycles. The molecule has 2 aromatic rings. The number of furan rings is 1. The summed E-state index contributed by atoms with van der Waals surface area (Å²) < 4.78 is 34.9. The zero-order chi connectivity index (χ0) is 26.1. The molecule has 0 unspecified atom stereocenters. The Balaban J connectivity index is 0.000000872. The first-order chi connectivity index (χ1) is 15.9. The summed E-state index contributed by atoms with van der Waals surface area (Å²) in [6, 6.07) is 8.01. The van der Waals surface area contributed by atoms with Gasteiger partial charge in [0.05, 0.1) is 17.8 Å². The second kappa shape index (κ2) is 12.5. The average molecular weight is 490 g/mol. The maximum Gasteiger partial charge on any atom is 0.345 e. The van der Waals surface area contributed by atoms with E-state index < -0.39 is 16.1 Å². The Morgan fingerprint density at radius 1 is 1.24 bits per heavy atom. The molecule has 1 amide bonds. The number of nitrogens with zero attached hydrogens (tertiary/aromatic N) is 3. The second-order valence-electron chi connectivity index (χ2n) is 7.95. The molecule has 0 spiro atoms. The molecule has 0 fully saturated rings. The molecule has 0 saturated carbocycles. The number of carbonyl (C=O) groups excluding carboxylic acids is 1. The predicted molar refractivity (Wildman–Crippen MR) is 134 cm³/mol. The molecule has 3 rings (SSSR count). The van der Waals surface area contributed by atoms with Crippen LogP contribution in [0.3, 0.4) is 0 Å². The molecule has 34 heavy (non-hydrogen) atoms. The van der Waals surface area contributed by atoms with Crippen molar-refractivity contribution in [1.82, 2.24) is 9.62 Å². The van der Waals surface area contributed by atoms with Crippen LogP contribution < -0.4 is 10.0 Å². The first kappa shape index (κ1) is 28.3. The molecule has 1 aromatic carbocycles. The van der Waals surface area contributed by atoms with Crippen molar-refractivity contribution in [3.8, 4) is 18.6 Å². The smallest absolute Gasteiger partial charge is 0.345 e. The number of aromatic hydroxyl groups is 1. The summed E-state index contributed by atoms with van der Waals surface area (Å²) in [5, 5.41) is 13.1. The molecule has 1 aromatic heterocycles. The quantitative estimate of drug-likeness (QED) is 0.446. The number of aryl methyl sites for hydroxylation is 1. The average Bonchev–Trinajstić information content (AvgIpc) is 3.30. The maximum absolute atomic E-state index is 12.1. The Morgan fingerprint density at radius 3 is 2.38 bits per heavy atom. The van der Waals surface area contributed by atoms with Gasteiger partial charge in [-0.3, -0.25) is 9.79 Å². The van der Waals surface area contributed by atoms with Crippen molar-refractivity contribution in [3.63, 3.8) is 0 Å². The number of hydrogen-bond acceptors (Lipinski definition) is 7. The molecule has 0 saturated heterocycles. The van der Waals surface area contributed by atoms with Crippen LogP contribution in [0.1, 0.15) is 42.6 Å². The Morgan fingerprint density at radius 2 is 1.85 bits per heavy atom. The van der Waals surface area contributed by atoms with Gasteiger partial charge in [-0.15, -0.1) is 17.2 Å². The third-order valence-corrected chi connectivity index (χ3v) is 4.65. The van der Waals surface area contributed by atoms with E-state index in [-0.39, 0.29) is 35.2 Å². The number of amides is 1. The van der Waals surface area contributed by atoms with Crippen LogP contribution in [0.25, 0.3) is 0 Å². The maximum atomic E-state index is 12.1. The van der Waals surface area contributed by atoms with Crippen LogP contribution in [0.5, 0.6) is 5.75 Å². The highest BCUT2D eigenvalue weighted by Crippen LogP contribution is 2.28. The lowest BCUT2D eigenvalue weighted by molar-refractivity contribution is 0.0824. The van der Waals surface area contributed by atoms with Gasteiger partial charge in [0.1, 0.15) is 11.5 Å². The van der Waals surface area contributed by atoms with Gasteiger partial charge in [-0.25, -0.2) is 4.72 Å². The predicted octanol–water partition coefficient (Wildman–Crippen LogP) is 3.16. The van der Waals surface area contributed by atoms with Gasteiger partial charge in [0.15, 0.2) is 17.4 Å². The first-order valence-corrected chi connectivity index (χ1v) is 11.7. The zero-order valence-electron chi connectivity index (χ0n) is 20.2. The number of benzene rings is 1. The van der Waals surface area contributed by atoms with Crippen LogP contribution in [0.15, 0.2) is 44.1 Å².